The van der Waals surface area contributed by atoms with E-state index in [4.69, 9.17) is 18.9 Å². The summed E-state index contributed by atoms with van der Waals surface area (Å²) in [6, 6.07) is 0. The van der Waals surface area contributed by atoms with Gasteiger partial charge < -0.3 is 39.4 Å². The molecule has 1 heterocycles. The maximum absolute atomic E-state index is 12.8. The van der Waals surface area contributed by atoms with Gasteiger partial charge in [0.05, 0.1) is 6.61 Å². The van der Waals surface area contributed by atoms with Gasteiger partial charge in [0.1, 0.15) is 24.9 Å². The summed E-state index contributed by atoms with van der Waals surface area (Å²) in [6.45, 7) is 3.71. The van der Waals surface area contributed by atoms with Gasteiger partial charge >= 0.3 is 17.9 Å². The van der Waals surface area contributed by atoms with Gasteiger partial charge in [0.25, 0.3) is 0 Å². The highest BCUT2D eigenvalue weighted by Gasteiger charge is 2.47. The van der Waals surface area contributed by atoms with Gasteiger partial charge in [-0.3, -0.25) is 9.59 Å². The fourth-order valence-corrected chi connectivity index (χ4v) is 7.34. The predicted octanol–water partition coefficient (Wildman–Crippen LogP) is 11.3. The molecule has 11 nitrogen and oxygen atoms in total. The van der Waals surface area contributed by atoms with Crippen LogP contribution in [0.4, 0.5) is 0 Å². The molecule has 1 aliphatic heterocycles. The number of esters is 2. The lowest BCUT2D eigenvalue weighted by Crippen LogP contribution is -2.60. The first-order valence-electron chi connectivity index (χ1n) is 24.7. The van der Waals surface area contributed by atoms with Crippen molar-refractivity contribution in [3.05, 3.63) is 48.6 Å². The molecule has 0 bridgehead atoms. The standard InChI is InChI=1S/C51H88O11/c1-3-5-7-9-11-13-15-17-19-21-22-24-25-27-29-31-33-35-37-39-44(52)59-41-43(42-60-51-48(56)46(54)47(55)49(62-51)50(57)58)61-45(53)40-38-36-34-32-30-28-26-23-20-18-16-14-12-10-8-6-4-2/h5,7,11,13,17,19,22,24,43,46-49,51,54-56H,3-4,6,8-10,12,14-16,18,20-21,23,25-42H2,1-2H3,(H,57,58)/b7-5-,13-11-,19-17-,24-22-. The summed E-state index contributed by atoms with van der Waals surface area (Å²) >= 11 is 0. The molecule has 6 atom stereocenters. The first-order valence-corrected chi connectivity index (χ1v) is 24.7. The van der Waals surface area contributed by atoms with Gasteiger partial charge in [-0.2, -0.15) is 0 Å². The quantitative estimate of drug-likeness (QED) is 0.0262. The smallest absolute Gasteiger partial charge is 0.335 e. The largest absolute Gasteiger partial charge is 0.479 e. The average molecular weight is 877 g/mol. The summed E-state index contributed by atoms with van der Waals surface area (Å²) < 4.78 is 21.8. The molecule has 6 unspecified atom stereocenters. The second-order valence-electron chi connectivity index (χ2n) is 16.9. The lowest BCUT2D eigenvalue weighted by Gasteiger charge is -2.38. The van der Waals surface area contributed by atoms with Crippen LogP contribution >= 0.6 is 0 Å². The minimum atomic E-state index is -1.86. The van der Waals surface area contributed by atoms with Crippen molar-refractivity contribution in [1.29, 1.82) is 0 Å². The Morgan fingerprint density at radius 1 is 0.516 bits per heavy atom. The van der Waals surface area contributed by atoms with E-state index in [1.165, 1.54) is 83.5 Å². The van der Waals surface area contributed by atoms with Crippen LogP contribution in [0, 0.1) is 0 Å². The fraction of sp³-hybridized carbons (Fsp3) is 0.784. The average Bonchev–Trinajstić information content (AvgIpc) is 3.26. The number of aliphatic hydroxyl groups is 3. The van der Waals surface area contributed by atoms with Crippen molar-refractivity contribution >= 4 is 17.9 Å². The SMILES string of the molecule is CC/C=C\C/C=C\C/C=C\C/C=C\CCCCCCCCC(=O)OCC(COC1OC(C(=O)O)C(O)C(O)C1O)OC(=O)CCCCCCCCCCCCCCCCCCC. The van der Waals surface area contributed by atoms with Crippen molar-refractivity contribution in [2.45, 2.75) is 243 Å². The van der Waals surface area contributed by atoms with Crippen LogP contribution in [0.3, 0.4) is 0 Å². The number of hydrogen-bond acceptors (Lipinski definition) is 10. The molecule has 0 spiro atoms. The van der Waals surface area contributed by atoms with E-state index >= 15 is 0 Å². The molecular formula is C51H88O11. The van der Waals surface area contributed by atoms with Crippen LogP contribution in [0.5, 0.6) is 0 Å². The zero-order chi connectivity index (χ0) is 45.3. The summed E-state index contributed by atoms with van der Waals surface area (Å²) in [5.41, 5.74) is 0. The normalized spacial score (nSPS) is 19.9. The van der Waals surface area contributed by atoms with Crippen molar-refractivity contribution < 1.29 is 53.8 Å². The summed E-state index contributed by atoms with van der Waals surface area (Å²) in [7, 11) is 0. The van der Waals surface area contributed by atoms with Crippen LogP contribution in [0.15, 0.2) is 48.6 Å². The maximum atomic E-state index is 12.8. The van der Waals surface area contributed by atoms with Crippen LogP contribution in [-0.2, 0) is 33.3 Å². The number of carbonyl (C=O) groups excluding carboxylic acids is 2. The van der Waals surface area contributed by atoms with Crippen LogP contribution in [-0.4, -0.2) is 88.4 Å². The molecule has 0 amide bonds. The minimum Gasteiger partial charge on any atom is -0.479 e. The van der Waals surface area contributed by atoms with E-state index in [0.717, 1.165) is 83.5 Å². The number of rotatable bonds is 41. The van der Waals surface area contributed by atoms with E-state index in [2.05, 4.69) is 62.5 Å². The summed E-state index contributed by atoms with van der Waals surface area (Å²) in [4.78, 5) is 36.9. The molecule has 1 aliphatic rings. The van der Waals surface area contributed by atoms with E-state index < -0.39 is 61.3 Å². The number of aliphatic hydroxyl groups excluding tert-OH is 3. The fourth-order valence-electron chi connectivity index (χ4n) is 7.34. The minimum absolute atomic E-state index is 0.182. The van der Waals surface area contributed by atoms with Gasteiger partial charge in [-0.05, 0) is 51.4 Å². The third-order valence-corrected chi connectivity index (χ3v) is 11.2. The van der Waals surface area contributed by atoms with Crippen molar-refractivity contribution in [3.63, 3.8) is 0 Å². The predicted molar refractivity (Wildman–Crippen MR) is 248 cm³/mol. The summed E-state index contributed by atoms with van der Waals surface area (Å²) in [5, 5.41) is 39.9. The third kappa shape index (κ3) is 31.9. The molecule has 0 aromatic heterocycles. The van der Waals surface area contributed by atoms with E-state index in [-0.39, 0.29) is 19.4 Å². The first-order chi connectivity index (χ1) is 30.2. The van der Waals surface area contributed by atoms with Crippen LogP contribution < -0.4 is 0 Å². The Morgan fingerprint density at radius 2 is 0.952 bits per heavy atom. The molecule has 4 N–H and O–H groups in total. The van der Waals surface area contributed by atoms with Gasteiger partial charge in [-0.25, -0.2) is 4.79 Å². The summed E-state index contributed by atoms with van der Waals surface area (Å²) in [6.07, 6.45) is 40.1. The third-order valence-electron chi connectivity index (χ3n) is 11.2. The molecule has 11 heteroatoms. The highest BCUT2D eigenvalue weighted by molar-refractivity contribution is 5.73. The Labute approximate surface area is 375 Å². The molecule has 0 aromatic rings. The van der Waals surface area contributed by atoms with Gasteiger partial charge in [0, 0.05) is 12.8 Å². The van der Waals surface area contributed by atoms with Gasteiger partial charge in [0.15, 0.2) is 18.5 Å². The molecule has 62 heavy (non-hydrogen) atoms. The number of unbranched alkanes of at least 4 members (excludes halogenated alkanes) is 22. The Bertz CT molecular complexity index is 1210. The van der Waals surface area contributed by atoms with Crippen molar-refractivity contribution in [1.82, 2.24) is 0 Å². The number of ether oxygens (including phenoxy) is 4. The topological polar surface area (TPSA) is 169 Å². The molecule has 358 valence electrons. The number of carboxylic acids is 1. The molecule has 0 radical (unpaired) electrons. The molecule has 1 saturated heterocycles. The Kier molecular flexibility index (Phi) is 37.7. The second-order valence-corrected chi connectivity index (χ2v) is 16.9. The number of carbonyl (C=O) groups is 3. The van der Waals surface area contributed by atoms with Gasteiger partial charge in [-0.15, -0.1) is 0 Å². The zero-order valence-corrected chi connectivity index (χ0v) is 38.9. The van der Waals surface area contributed by atoms with Crippen LogP contribution in [0.1, 0.15) is 206 Å². The van der Waals surface area contributed by atoms with Crippen molar-refractivity contribution in [2.24, 2.45) is 0 Å². The van der Waals surface area contributed by atoms with Gasteiger partial charge in [-0.1, -0.05) is 191 Å². The second kappa shape index (κ2) is 40.9. The number of allylic oxidation sites excluding steroid dienone is 8. The van der Waals surface area contributed by atoms with E-state index in [1.807, 2.05) is 0 Å². The van der Waals surface area contributed by atoms with Crippen molar-refractivity contribution in [2.75, 3.05) is 13.2 Å². The number of carboxylic acid groups (broad SMARTS) is 1. The maximum Gasteiger partial charge on any atom is 0.335 e. The Morgan fingerprint density at radius 3 is 1.44 bits per heavy atom. The molecular weight excluding hydrogens is 789 g/mol. The molecule has 1 rings (SSSR count). The van der Waals surface area contributed by atoms with Crippen molar-refractivity contribution in [3.8, 4) is 0 Å². The Hall–Kier alpha value is -2.83. The molecule has 1 fully saturated rings. The lowest BCUT2D eigenvalue weighted by atomic mass is 9.99. The Balaban J connectivity index is 2.33. The van der Waals surface area contributed by atoms with Gasteiger partial charge in [0.2, 0.25) is 0 Å². The van der Waals surface area contributed by atoms with E-state index in [9.17, 15) is 34.8 Å². The van der Waals surface area contributed by atoms with Crippen LogP contribution in [0.2, 0.25) is 0 Å². The first kappa shape index (κ1) is 57.2. The molecule has 0 aliphatic carbocycles. The lowest BCUT2D eigenvalue weighted by molar-refractivity contribution is -0.298. The monoisotopic (exact) mass is 877 g/mol. The zero-order valence-electron chi connectivity index (χ0n) is 38.9. The van der Waals surface area contributed by atoms with Crippen LogP contribution in [0.25, 0.3) is 0 Å². The number of aliphatic carboxylic acids is 1. The number of hydrogen-bond donors (Lipinski definition) is 4. The molecule has 0 aromatic carbocycles. The molecule has 0 saturated carbocycles. The highest BCUT2D eigenvalue weighted by atomic mass is 16.7. The van der Waals surface area contributed by atoms with E-state index in [0.29, 0.717) is 12.8 Å². The van der Waals surface area contributed by atoms with E-state index in [1.54, 1.807) is 0 Å². The highest BCUT2D eigenvalue weighted by Crippen LogP contribution is 2.23. The summed E-state index contributed by atoms with van der Waals surface area (Å²) in [5.74, 6) is -2.46.